The minimum atomic E-state index is -0.00917. The van der Waals surface area contributed by atoms with E-state index in [1.54, 1.807) is 13.2 Å². The second-order valence-corrected chi connectivity index (χ2v) is 5.95. The van der Waals surface area contributed by atoms with Gasteiger partial charge in [0.2, 0.25) is 0 Å². The molecule has 0 aliphatic carbocycles. The van der Waals surface area contributed by atoms with Crippen molar-refractivity contribution in [1.82, 2.24) is 4.98 Å². The van der Waals surface area contributed by atoms with Crippen LogP contribution in [0.2, 0.25) is 0 Å². The topological polar surface area (TPSA) is 100 Å². The SMILES string of the molecule is COc1cccc(C(Cc2ccccc2)c2cc(N)nc(N)c2N)c1. The summed E-state index contributed by atoms with van der Waals surface area (Å²) in [4.78, 5) is 4.06. The van der Waals surface area contributed by atoms with Crippen LogP contribution in [0, 0.1) is 0 Å². The fourth-order valence-corrected chi connectivity index (χ4v) is 3.02. The number of hydrogen-bond donors (Lipinski definition) is 3. The molecule has 1 heterocycles. The number of nitrogens with two attached hydrogens (primary N) is 3. The minimum Gasteiger partial charge on any atom is -0.497 e. The summed E-state index contributed by atoms with van der Waals surface area (Å²) < 4.78 is 5.38. The van der Waals surface area contributed by atoms with Crippen molar-refractivity contribution in [2.24, 2.45) is 0 Å². The predicted molar refractivity (Wildman–Crippen MR) is 102 cm³/mol. The Labute approximate surface area is 147 Å². The van der Waals surface area contributed by atoms with Crippen LogP contribution in [-0.2, 0) is 6.42 Å². The summed E-state index contributed by atoms with van der Waals surface area (Å²) in [5, 5.41) is 0. The van der Waals surface area contributed by atoms with Gasteiger partial charge in [0.15, 0.2) is 0 Å². The number of anilines is 3. The Morgan fingerprint density at radius 3 is 2.44 bits per heavy atom. The van der Waals surface area contributed by atoms with Crippen LogP contribution in [0.4, 0.5) is 17.3 Å². The fourth-order valence-electron chi connectivity index (χ4n) is 3.02. The van der Waals surface area contributed by atoms with Crippen molar-refractivity contribution in [3.05, 3.63) is 77.4 Å². The summed E-state index contributed by atoms with van der Waals surface area (Å²) >= 11 is 0. The molecule has 1 aromatic heterocycles. The van der Waals surface area contributed by atoms with Gasteiger partial charge in [-0.05, 0) is 41.3 Å². The molecule has 25 heavy (non-hydrogen) atoms. The lowest BCUT2D eigenvalue weighted by atomic mass is 9.85. The molecular formula is C20H22N4O. The lowest BCUT2D eigenvalue weighted by Crippen LogP contribution is -2.12. The summed E-state index contributed by atoms with van der Waals surface area (Å²) in [5.41, 5.74) is 21.7. The van der Waals surface area contributed by atoms with Crippen molar-refractivity contribution >= 4 is 17.3 Å². The molecule has 1 atom stereocenters. The first-order valence-corrected chi connectivity index (χ1v) is 8.07. The monoisotopic (exact) mass is 334 g/mol. The Balaban J connectivity index is 2.12. The van der Waals surface area contributed by atoms with Crippen LogP contribution < -0.4 is 21.9 Å². The number of pyridine rings is 1. The average Bonchev–Trinajstić information content (AvgIpc) is 2.64. The summed E-state index contributed by atoms with van der Waals surface area (Å²) in [5.74, 6) is 1.41. The highest BCUT2D eigenvalue weighted by Crippen LogP contribution is 2.36. The third-order valence-corrected chi connectivity index (χ3v) is 4.29. The molecule has 0 aliphatic heterocycles. The van der Waals surface area contributed by atoms with Crippen LogP contribution in [-0.4, -0.2) is 12.1 Å². The van der Waals surface area contributed by atoms with Crippen molar-refractivity contribution < 1.29 is 4.74 Å². The smallest absolute Gasteiger partial charge is 0.149 e. The molecule has 0 saturated carbocycles. The van der Waals surface area contributed by atoms with Gasteiger partial charge in [-0.1, -0.05) is 42.5 Å². The first-order valence-electron chi connectivity index (χ1n) is 8.07. The number of aromatic nitrogens is 1. The molecule has 0 amide bonds. The normalized spacial score (nSPS) is 11.9. The molecule has 2 aromatic carbocycles. The Bertz CT molecular complexity index is 865. The van der Waals surface area contributed by atoms with Crippen LogP contribution >= 0.6 is 0 Å². The maximum absolute atomic E-state index is 6.24. The summed E-state index contributed by atoms with van der Waals surface area (Å²) in [6.07, 6.45) is 0.765. The maximum atomic E-state index is 6.24. The lowest BCUT2D eigenvalue weighted by molar-refractivity contribution is 0.414. The Kier molecular flexibility index (Phi) is 4.75. The highest BCUT2D eigenvalue weighted by Gasteiger charge is 2.20. The van der Waals surface area contributed by atoms with Crippen molar-refractivity contribution in [2.75, 3.05) is 24.3 Å². The summed E-state index contributed by atoms with van der Waals surface area (Å²) in [7, 11) is 1.65. The average molecular weight is 334 g/mol. The summed E-state index contributed by atoms with van der Waals surface area (Å²) in [6, 6.07) is 20.0. The van der Waals surface area contributed by atoms with E-state index in [0.717, 1.165) is 23.3 Å². The standard InChI is InChI=1S/C20H22N4O/c1-25-15-9-5-8-14(11-15)16(10-13-6-3-2-4-7-13)17-12-18(21)24-20(23)19(17)22/h2-9,11-12,16H,10,22H2,1H3,(H4,21,23,24). The molecule has 6 N–H and O–H groups in total. The molecule has 3 aromatic rings. The molecule has 128 valence electrons. The first kappa shape index (κ1) is 16.6. The molecule has 0 bridgehead atoms. The van der Waals surface area contributed by atoms with Gasteiger partial charge in [-0.2, -0.15) is 0 Å². The van der Waals surface area contributed by atoms with Gasteiger partial charge in [-0.15, -0.1) is 0 Å². The number of ether oxygens (including phenoxy) is 1. The molecule has 5 heteroatoms. The van der Waals surface area contributed by atoms with E-state index in [1.165, 1.54) is 5.56 Å². The number of hydrogen-bond acceptors (Lipinski definition) is 5. The number of rotatable bonds is 5. The van der Waals surface area contributed by atoms with Gasteiger partial charge in [0.25, 0.3) is 0 Å². The first-order chi connectivity index (χ1) is 12.1. The molecule has 0 radical (unpaired) electrons. The van der Waals surface area contributed by atoms with Crippen LogP contribution in [0.5, 0.6) is 5.75 Å². The van der Waals surface area contributed by atoms with Crippen molar-refractivity contribution in [3.8, 4) is 5.75 Å². The highest BCUT2D eigenvalue weighted by atomic mass is 16.5. The van der Waals surface area contributed by atoms with Crippen molar-refractivity contribution in [2.45, 2.75) is 12.3 Å². The van der Waals surface area contributed by atoms with Crippen LogP contribution in [0.3, 0.4) is 0 Å². The van der Waals surface area contributed by atoms with Crippen LogP contribution in [0.1, 0.15) is 22.6 Å². The van der Waals surface area contributed by atoms with E-state index in [-0.39, 0.29) is 11.7 Å². The number of methoxy groups -OCH3 is 1. The van der Waals surface area contributed by atoms with Crippen molar-refractivity contribution in [1.29, 1.82) is 0 Å². The van der Waals surface area contributed by atoms with Gasteiger partial charge < -0.3 is 21.9 Å². The van der Waals surface area contributed by atoms with E-state index in [9.17, 15) is 0 Å². The van der Waals surface area contributed by atoms with E-state index >= 15 is 0 Å². The van der Waals surface area contributed by atoms with E-state index in [2.05, 4.69) is 23.2 Å². The zero-order valence-corrected chi connectivity index (χ0v) is 14.1. The lowest BCUT2D eigenvalue weighted by Gasteiger charge is -2.21. The number of benzene rings is 2. The Morgan fingerprint density at radius 1 is 0.960 bits per heavy atom. The van der Waals surface area contributed by atoms with E-state index in [0.29, 0.717) is 11.5 Å². The van der Waals surface area contributed by atoms with E-state index in [1.807, 2.05) is 36.4 Å². The molecule has 0 spiro atoms. The molecule has 1 unspecified atom stereocenters. The van der Waals surface area contributed by atoms with Gasteiger partial charge in [0.1, 0.15) is 17.4 Å². The third-order valence-electron chi connectivity index (χ3n) is 4.29. The molecule has 0 saturated heterocycles. The second kappa shape index (κ2) is 7.13. The Morgan fingerprint density at radius 2 is 1.72 bits per heavy atom. The zero-order valence-electron chi connectivity index (χ0n) is 14.1. The number of nitrogen functional groups attached to an aromatic ring is 3. The maximum Gasteiger partial charge on any atom is 0.149 e. The highest BCUT2D eigenvalue weighted by molar-refractivity contribution is 5.68. The van der Waals surface area contributed by atoms with E-state index < -0.39 is 0 Å². The largest absolute Gasteiger partial charge is 0.497 e. The van der Waals surface area contributed by atoms with Crippen LogP contribution in [0.15, 0.2) is 60.7 Å². The van der Waals surface area contributed by atoms with Crippen molar-refractivity contribution in [3.63, 3.8) is 0 Å². The molecule has 3 rings (SSSR count). The van der Waals surface area contributed by atoms with Gasteiger partial charge in [0.05, 0.1) is 12.8 Å². The molecular weight excluding hydrogens is 312 g/mol. The van der Waals surface area contributed by atoms with Gasteiger partial charge in [0, 0.05) is 5.92 Å². The number of nitrogens with zero attached hydrogens (tertiary/aromatic N) is 1. The quantitative estimate of drug-likeness (QED) is 0.665. The minimum absolute atomic E-state index is 0.00917. The van der Waals surface area contributed by atoms with Gasteiger partial charge in [-0.25, -0.2) is 4.98 Å². The van der Waals surface area contributed by atoms with Gasteiger partial charge >= 0.3 is 0 Å². The Hall–Kier alpha value is -3.21. The fraction of sp³-hybridized carbons (Fsp3) is 0.150. The molecule has 0 fully saturated rings. The zero-order chi connectivity index (χ0) is 17.8. The second-order valence-electron chi connectivity index (χ2n) is 5.95. The summed E-state index contributed by atoms with van der Waals surface area (Å²) in [6.45, 7) is 0. The van der Waals surface area contributed by atoms with Gasteiger partial charge in [-0.3, -0.25) is 0 Å². The molecule has 0 aliphatic rings. The van der Waals surface area contributed by atoms with E-state index in [4.69, 9.17) is 21.9 Å². The third kappa shape index (κ3) is 3.66. The predicted octanol–water partition coefficient (Wildman–Crippen LogP) is 3.21. The van der Waals surface area contributed by atoms with Crippen LogP contribution in [0.25, 0.3) is 0 Å². The molecule has 5 nitrogen and oxygen atoms in total.